The van der Waals surface area contributed by atoms with Crippen molar-refractivity contribution in [1.29, 1.82) is 0 Å². The Morgan fingerprint density at radius 1 is 1.19 bits per heavy atom. The molecule has 7 rings (SSSR count). The third-order valence-corrected chi connectivity index (χ3v) is 8.38. The second-order valence-corrected chi connectivity index (χ2v) is 10.9. The van der Waals surface area contributed by atoms with E-state index in [0.717, 1.165) is 24.2 Å². The van der Waals surface area contributed by atoms with Crippen LogP contribution in [0.2, 0.25) is 0 Å². The van der Waals surface area contributed by atoms with Crippen LogP contribution in [0.3, 0.4) is 0 Å². The number of likely N-dealkylation sites (tertiary alicyclic amines) is 1. The van der Waals surface area contributed by atoms with Crippen LogP contribution < -0.4 is 11.2 Å². The van der Waals surface area contributed by atoms with Gasteiger partial charge in [-0.25, -0.2) is 4.99 Å². The molecule has 7 aliphatic rings. The van der Waals surface area contributed by atoms with Crippen LogP contribution in [0.1, 0.15) is 51.4 Å². The summed E-state index contributed by atoms with van der Waals surface area (Å²) in [6.45, 7) is 1.28. The van der Waals surface area contributed by atoms with Gasteiger partial charge in [0.15, 0.2) is 11.9 Å². The molecule has 4 aliphatic carbocycles. The fourth-order valence-corrected chi connectivity index (χ4v) is 7.55. The number of hydrogen-bond acceptors (Lipinski definition) is 4. The summed E-state index contributed by atoms with van der Waals surface area (Å²) in [5.74, 6) is 2.47. The average molecular weight is 423 g/mol. The fourth-order valence-electron chi connectivity index (χ4n) is 7.55. The topological polar surface area (TPSA) is 90.8 Å². The van der Waals surface area contributed by atoms with Crippen molar-refractivity contribution in [1.82, 2.24) is 10.3 Å². The Hall–Kier alpha value is -2.28. The van der Waals surface area contributed by atoms with E-state index in [4.69, 9.17) is 5.73 Å². The van der Waals surface area contributed by atoms with Gasteiger partial charge in [0.1, 0.15) is 5.71 Å². The molecule has 2 atom stereocenters. The zero-order chi connectivity index (χ0) is 21.2. The molecule has 5 fully saturated rings. The Morgan fingerprint density at radius 3 is 2.55 bits per heavy atom. The van der Waals surface area contributed by atoms with Crippen LogP contribution in [0, 0.1) is 23.2 Å². The second kappa shape index (κ2) is 7.12. The number of hydrazine groups is 1. The first kappa shape index (κ1) is 19.4. The molecule has 0 aromatic rings. The highest BCUT2D eigenvalue weighted by Crippen LogP contribution is 2.61. The van der Waals surface area contributed by atoms with Crippen LogP contribution in [-0.2, 0) is 9.59 Å². The number of nitrogens with zero attached hydrogens (tertiary/aromatic N) is 3. The van der Waals surface area contributed by atoms with E-state index in [1.54, 1.807) is 4.90 Å². The lowest BCUT2D eigenvalue weighted by molar-refractivity contribution is -0.574. The predicted molar refractivity (Wildman–Crippen MR) is 117 cm³/mol. The molecule has 1 saturated heterocycles. The van der Waals surface area contributed by atoms with E-state index in [1.807, 2.05) is 29.1 Å². The molecule has 4 bridgehead atoms. The molecule has 3 heterocycles. The molecule has 0 spiro atoms. The molecule has 7 heteroatoms. The number of carbonyl (C=O) groups is 2. The number of allylic oxidation sites excluding steroid dienone is 1. The average Bonchev–Trinajstić information content (AvgIpc) is 3.33. The molecule has 2 amide bonds. The van der Waals surface area contributed by atoms with Crippen molar-refractivity contribution < 1.29 is 14.3 Å². The third kappa shape index (κ3) is 3.47. The predicted octanol–water partition coefficient (Wildman–Crippen LogP) is 1.54. The highest BCUT2D eigenvalue weighted by molar-refractivity contribution is 6.09. The molecular weight excluding hydrogens is 390 g/mol. The minimum Gasteiger partial charge on any atom is -0.336 e. The maximum atomic E-state index is 13.1. The van der Waals surface area contributed by atoms with Crippen molar-refractivity contribution in [2.45, 2.75) is 63.5 Å². The summed E-state index contributed by atoms with van der Waals surface area (Å²) < 4.78 is 1.86. The first-order valence-corrected chi connectivity index (χ1v) is 11.9. The summed E-state index contributed by atoms with van der Waals surface area (Å²) in [5.41, 5.74) is 10.6. The van der Waals surface area contributed by atoms with Crippen LogP contribution in [0.5, 0.6) is 0 Å². The van der Waals surface area contributed by atoms with Gasteiger partial charge < -0.3 is 10.6 Å². The summed E-state index contributed by atoms with van der Waals surface area (Å²) in [7, 11) is 0. The van der Waals surface area contributed by atoms with Gasteiger partial charge in [-0.15, -0.1) is 4.68 Å². The van der Waals surface area contributed by atoms with Crippen molar-refractivity contribution in [3.8, 4) is 0 Å². The number of aliphatic imine (C=N–C) groups is 1. The Kier molecular flexibility index (Phi) is 4.46. The molecule has 3 aliphatic heterocycles. The SMILES string of the molecule is N[C@@H]1CCN(C(=O)C2=CC3C(=NC(=O)CC45CC6CC(CC(C6)C4)C5)C=CC=[N+]3N2)C1. The Morgan fingerprint density at radius 2 is 1.90 bits per heavy atom. The van der Waals surface area contributed by atoms with Gasteiger partial charge in [0.2, 0.25) is 11.9 Å². The van der Waals surface area contributed by atoms with Crippen LogP contribution in [0.15, 0.2) is 28.9 Å². The molecule has 164 valence electrons. The molecule has 0 radical (unpaired) electrons. The molecule has 0 aromatic carbocycles. The van der Waals surface area contributed by atoms with Crippen molar-refractivity contribution in [2.75, 3.05) is 13.1 Å². The van der Waals surface area contributed by atoms with E-state index in [0.29, 0.717) is 30.9 Å². The number of amides is 2. The number of carbonyl (C=O) groups excluding carboxylic acids is 2. The molecule has 31 heavy (non-hydrogen) atoms. The van der Waals surface area contributed by atoms with Crippen LogP contribution in [0.25, 0.3) is 0 Å². The Labute approximate surface area is 183 Å². The lowest BCUT2D eigenvalue weighted by atomic mass is 9.49. The van der Waals surface area contributed by atoms with Gasteiger partial charge in [-0.05, 0) is 74.2 Å². The van der Waals surface area contributed by atoms with E-state index in [2.05, 4.69) is 10.4 Å². The van der Waals surface area contributed by atoms with Gasteiger partial charge in [-0.2, -0.15) is 5.43 Å². The second-order valence-electron chi connectivity index (χ2n) is 10.9. The normalized spacial score (nSPS) is 41.3. The van der Waals surface area contributed by atoms with Gasteiger partial charge in [-0.3, -0.25) is 9.59 Å². The number of nitrogens with two attached hydrogens (primary N) is 1. The van der Waals surface area contributed by atoms with E-state index in [9.17, 15) is 9.59 Å². The number of nitrogens with one attached hydrogen (secondary N) is 1. The number of hydrogen-bond donors (Lipinski definition) is 2. The minimum atomic E-state index is -0.222. The number of rotatable bonds is 3. The highest BCUT2D eigenvalue weighted by Gasteiger charge is 2.51. The third-order valence-electron chi connectivity index (χ3n) is 8.38. The van der Waals surface area contributed by atoms with Gasteiger partial charge in [0.25, 0.3) is 5.91 Å². The van der Waals surface area contributed by atoms with Crippen molar-refractivity contribution in [3.63, 3.8) is 0 Å². The smallest absolute Gasteiger partial charge is 0.275 e. The minimum absolute atomic E-state index is 0.00198. The van der Waals surface area contributed by atoms with Crippen molar-refractivity contribution in [2.24, 2.45) is 33.9 Å². The monoisotopic (exact) mass is 422 g/mol. The largest absolute Gasteiger partial charge is 0.336 e. The van der Waals surface area contributed by atoms with Crippen LogP contribution in [-0.4, -0.2) is 58.5 Å². The van der Waals surface area contributed by atoms with Crippen molar-refractivity contribution in [3.05, 3.63) is 23.9 Å². The lowest BCUT2D eigenvalue weighted by Gasteiger charge is -2.56. The standard InChI is InChI=1S/C24H31N5O2/c25-18-3-5-28(14-18)23(31)20-9-21-19(2-1-4-29(21)27-20)26-22(30)13-24-10-15-6-16(11-24)8-17(7-15)12-24/h1-2,4,9,15-18,21H,3,5-8,10-14,25H2/p+1/t15?,16?,17?,18-,21?,24?/m1/s1. The molecule has 1 unspecified atom stereocenters. The number of hydrazone groups is 1. The van der Waals surface area contributed by atoms with Gasteiger partial charge in [-0.1, -0.05) is 0 Å². The number of fused-ring (bicyclic) bond motifs is 1. The van der Waals surface area contributed by atoms with Crippen LogP contribution >= 0.6 is 0 Å². The lowest BCUT2D eigenvalue weighted by Crippen LogP contribution is -2.46. The molecule has 7 nitrogen and oxygen atoms in total. The van der Waals surface area contributed by atoms with E-state index in [1.165, 1.54) is 38.5 Å². The Balaban J connectivity index is 1.18. The van der Waals surface area contributed by atoms with E-state index < -0.39 is 0 Å². The van der Waals surface area contributed by atoms with Gasteiger partial charge in [0, 0.05) is 37.7 Å². The summed E-state index contributed by atoms with van der Waals surface area (Å²) in [4.78, 5) is 32.3. The maximum Gasteiger partial charge on any atom is 0.275 e. The summed E-state index contributed by atoms with van der Waals surface area (Å²) >= 11 is 0. The summed E-state index contributed by atoms with van der Waals surface area (Å²) in [6, 6.07) is -0.165. The zero-order valence-corrected chi connectivity index (χ0v) is 18.0. The van der Waals surface area contributed by atoms with Crippen molar-refractivity contribution >= 4 is 23.7 Å². The molecule has 4 saturated carbocycles. The highest BCUT2D eigenvalue weighted by atomic mass is 16.2. The summed E-state index contributed by atoms with van der Waals surface area (Å²) in [6.07, 6.45) is 16.8. The molecule has 3 N–H and O–H groups in total. The first-order chi connectivity index (χ1) is 15.0. The first-order valence-electron chi connectivity index (χ1n) is 11.9. The molecular formula is C24H32N5O2+. The maximum absolute atomic E-state index is 13.1. The summed E-state index contributed by atoms with van der Waals surface area (Å²) in [5, 5.41) is 0. The van der Waals surface area contributed by atoms with Gasteiger partial charge in [0.05, 0.1) is 0 Å². The van der Waals surface area contributed by atoms with E-state index >= 15 is 0 Å². The van der Waals surface area contributed by atoms with Gasteiger partial charge >= 0.3 is 0 Å². The molecule has 0 aromatic heterocycles. The zero-order valence-electron chi connectivity index (χ0n) is 18.0. The fraction of sp³-hybridized carbons (Fsp3) is 0.667. The van der Waals surface area contributed by atoms with Crippen LogP contribution in [0.4, 0.5) is 0 Å². The van der Waals surface area contributed by atoms with E-state index in [-0.39, 0.29) is 29.3 Å². The quantitative estimate of drug-likeness (QED) is 0.675. The Bertz CT molecular complexity index is 910.